The van der Waals surface area contributed by atoms with E-state index in [-0.39, 0.29) is 6.04 Å². The molecule has 1 aliphatic carbocycles. The molecule has 2 rings (SSSR count). The first-order chi connectivity index (χ1) is 8.49. The van der Waals surface area contributed by atoms with Crippen molar-refractivity contribution in [2.75, 3.05) is 6.54 Å². The van der Waals surface area contributed by atoms with Gasteiger partial charge in [-0.05, 0) is 49.1 Å². The number of thiophene rings is 1. The number of nitrogens with one attached hydrogen (secondary N) is 2. The molecular weight excluding hydrogens is 268 g/mol. The van der Waals surface area contributed by atoms with Crippen LogP contribution in [0.2, 0.25) is 0 Å². The summed E-state index contributed by atoms with van der Waals surface area (Å²) < 4.78 is 27.0. The van der Waals surface area contributed by atoms with E-state index in [1.807, 2.05) is 23.8 Å². The minimum Gasteiger partial charge on any atom is -0.313 e. The first-order valence-corrected chi connectivity index (χ1v) is 8.74. The van der Waals surface area contributed by atoms with Gasteiger partial charge in [0.2, 0.25) is 10.0 Å². The van der Waals surface area contributed by atoms with Gasteiger partial charge in [-0.1, -0.05) is 0 Å². The first kappa shape index (κ1) is 14.0. The Morgan fingerprint density at radius 3 is 2.72 bits per heavy atom. The Balaban J connectivity index is 1.88. The number of rotatable bonds is 7. The summed E-state index contributed by atoms with van der Waals surface area (Å²) in [5.74, 6) is 0. The summed E-state index contributed by atoms with van der Waals surface area (Å²) in [5, 5.41) is 6.78. The zero-order chi connectivity index (χ0) is 13.2. The third-order valence-corrected chi connectivity index (χ3v) is 5.79. The molecule has 102 valence electrons. The Morgan fingerprint density at radius 1 is 1.44 bits per heavy atom. The van der Waals surface area contributed by atoms with Crippen LogP contribution < -0.4 is 10.0 Å². The molecule has 2 unspecified atom stereocenters. The van der Waals surface area contributed by atoms with Crippen LogP contribution in [0.3, 0.4) is 0 Å². The molecule has 1 heterocycles. The standard InChI is InChI=1S/C12H20N2O2S2/c1-9(7-13-12-3-4-12)18(15,16)14-10(2)11-5-6-17-8-11/h5-6,8-10,12-14H,3-4,7H2,1-2H3. The fourth-order valence-electron chi connectivity index (χ4n) is 1.68. The van der Waals surface area contributed by atoms with Crippen molar-refractivity contribution in [3.63, 3.8) is 0 Å². The summed E-state index contributed by atoms with van der Waals surface area (Å²) >= 11 is 1.58. The van der Waals surface area contributed by atoms with Gasteiger partial charge in [0, 0.05) is 18.6 Å². The van der Waals surface area contributed by atoms with Gasteiger partial charge in [0.15, 0.2) is 0 Å². The fraction of sp³-hybridized carbons (Fsp3) is 0.667. The maximum atomic E-state index is 12.1. The largest absolute Gasteiger partial charge is 0.313 e. The van der Waals surface area contributed by atoms with Crippen LogP contribution in [-0.2, 0) is 10.0 Å². The van der Waals surface area contributed by atoms with Crippen molar-refractivity contribution < 1.29 is 8.42 Å². The highest BCUT2D eigenvalue weighted by Gasteiger charge is 2.26. The highest BCUT2D eigenvalue weighted by molar-refractivity contribution is 7.90. The minimum atomic E-state index is -3.26. The van der Waals surface area contributed by atoms with Gasteiger partial charge in [-0.15, -0.1) is 0 Å². The van der Waals surface area contributed by atoms with E-state index in [0.717, 1.165) is 5.56 Å². The Hall–Kier alpha value is -0.430. The van der Waals surface area contributed by atoms with Crippen molar-refractivity contribution in [3.8, 4) is 0 Å². The molecule has 1 fully saturated rings. The third kappa shape index (κ3) is 3.78. The first-order valence-electron chi connectivity index (χ1n) is 6.25. The SMILES string of the molecule is CC(NS(=O)(=O)C(C)CNC1CC1)c1ccsc1. The molecule has 1 aromatic heterocycles. The summed E-state index contributed by atoms with van der Waals surface area (Å²) in [6.45, 7) is 4.15. The average molecular weight is 288 g/mol. The quantitative estimate of drug-likeness (QED) is 0.805. The highest BCUT2D eigenvalue weighted by Crippen LogP contribution is 2.20. The van der Waals surface area contributed by atoms with E-state index in [0.29, 0.717) is 12.6 Å². The van der Waals surface area contributed by atoms with Crippen LogP contribution in [0.15, 0.2) is 16.8 Å². The van der Waals surface area contributed by atoms with Crippen molar-refractivity contribution in [2.24, 2.45) is 0 Å². The second kappa shape index (κ2) is 5.69. The lowest BCUT2D eigenvalue weighted by Crippen LogP contribution is -2.40. The van der Waals surface area contributed by atoms with Gasteiger partial charge in [-0.2, -0.15) is 11.3 Å². The Labute approximate surface area is 113 Å². The van der Waals surface area contributed by atoms with Crippen LogP contribution >= 0.6 is 11.3 Å². The molecule has 0 spiro atoms. The predicted octanol–water partition coefficient (Wildman–Crippen LogP) is 1.87. The summed E-state index contributed by atoms with van der Waals surface area (Å²) in [6, 6.07) is 2.33. The maximum Gasteiger partial charge on any atom is 0.216 e. The molecule has 18 heavy (non-hydrogen) atoms. The van der Waals surface area contributed by atoms with E-state index in [9.17, 15) is 8.42 Å². The van der Waals surface area contributed by atoms with E-state index in [2.05, 4.69) is 10.0 Å². The molecule has 1 saturated carbocycles. The van der Waals surface area contributed by atoms with E-state index in [1.54, 1.807) is 18.3 Å². The van der Waals surface area contributed by atoms with Crippen LogP contribution in [-0.4, -0.2) is 26.3 Å². The smallest absolute Gasteiger partial charge is 0.216 e. The lowest BCUT2D eigenvalue weighted by atomic mass is 10.2. The van der Waals surface area contributed by atoms with Gasteiger partial charge in [0.05, 0.1) is 5.25 Å². The van der Waals surface area contributed by atoms with Crippen LogP contribution in [0.1, 0.15) is 38.3 Å². The highest BCUT2D eigenvalue weighted by atomic mass is 32.2. The Kier molecular flexibility index (Phi) is 4.42. The van der Waals surface area contributed by atoms with Crippen molar-refractivity contribution >= 4 is 21.4 Å². The van der Waals surface area contributed by atoms with Gasteiger partial charge in [-0.25, -0.2) is 13.1 Å². The van der Waals surface area contributed by atoms with Gasteiger partial charge in [0.1, 0.15) is 0 Å². The molecule has 0 aliphatic heterocycles. The van der Waals surface area contributed by atoms with Crippen LogP contribution in [0.5, 0.6) is 0 Å². The lowest BCUT2D eigenvalue weighted by molar-refractivity contribution is 0.545. The second-order valence-electron chi connectivity index (χ2n) is 4.93. The van der Waals surface area contributed by atoms with Gasteiger partial charge in [-0.3, -0.25) is 0 Å². The molecule has 4 nitrogen and oxygen atoms in total. The van der Waals surface area contributed by atoms with Crippen molar-refractivity contribution in [2.45, 2.75) is 44.0 Å². The molecule has 0 saturated heterocycles. The molecule has 2 N–H and O–H groups in total. The normalized spacial score (nSPS) is 19.7. The van der Waals surface area contributed by atoms with Crippen molar-refractivity contribution in [3.05, 3.63) is 22.4 Å². The van der Waals surface area contributed by atoms with Crippen molar-refractivity contribution in [1.29, 1.82) is 0 Å². The summed E-state index contributed by atoms with van der Waals surface area (Å²) in [5.41, 5.74) is 1.02. The molecule has 0 amide bonds. The van der Waals surface area contributed by atoms with Crippen LogP contribution in [0.25, 0.3) is 0 Å². The number of hydrogen-bond donors (Lipinski definition) is 2. The summed E-state index contributed by atoms with van der Waals surface area (Å²) in [7, 11) is -3.26. The van der Waals surface area contributed by atoms with Gasteiger partial charge >= 0.3 is 0 Å². The minimum absolute atomic E-state index is 0.162. The molecule has 0 bridgehead atoms. The van der Waals surface area contributed by atoms with Crippen LogP contribution in [0, 0.1) is 0 Å². The van der Waals surface area contributed by atoms with Crippen molar-refractivity contribution in [1.82, 2.24) is 10.0 Å². The lowest BCUT2D eigenvalue weighted by Gasteiger charge is -2.18. The molecule has 6 heteroatoms. The Morgan fingerprint density at radius 2 is 2.17 bits per heavy atom. The fourth-order valence-corrected chi connectivity index (χ4v) is 3.61. The van der Waals surface area contributed by atoms with E-state index in [1.165, 1.54) is 12.8 Å². The predicted molar refractivity (Wildman–Crippen MR) is 75.3 cm³/mol. The summed E-state index contributed by atoms with van der Waals surface area (Å²) in [4.78, 5) is 0. The van der Waals surface area contributed by atoms with Gasteiger partial charge in [0.25, 0.3) is 0 Å². The summed E-state index contributed by atoms with van der Waals surface area (Å²) in [6.07, 6.45) is 2.34. The third-order valence-electron chi connectivity index (χ3n) is 3.19. The zero-order valence-electron chi connectivity index (χ0n) is 10.7. The molecule has 1 aliphatic rings. The molecule has 0 radical (unpaired) electrons. The number of hydrogen-bond acceptors (Lipinski definition) is 4. The molecule has 1 aromatic rings. The van der Waals surface area contributed by atoms with E-state index < -0.39 is 15.3 Å². The topological polar surface area (TPSA) is 58.2 Å². The zero-order valence-corrected chi connectivity index (χ0v) is 12.4. The van der Waals surface area contributed by atoms with E-state index in [4.69, 9.17) is 0 Å². The second-order valence-corrected chi connectivity index (χ2v) is 7.84. The molecule has 2 atom stereocenters. The monoisotopic (exact) mass is 288 g/mol. The molecular formula is C12H20N2O2S2. The van der Waals surface area contributed by atoms with E-state index >= 15 is 0 Å². The molecule has 0 aromatic carbocycles. The number of sulfonamides is 1. The van der Waals surface area contributed by atoms with Crippen LogP contribution in [0.4, 0.5) is 0 Å². The Bertz CT molecular complexity index is 466. The maximum absolute atomic E-state index is 12.1. The average Bonchev–Trinajstić information content (AvgIpc) is 2.96. The van der Waals surface area contributed by atoms with Gasteiger partial charge < -0.3 is 5.32 Å².